The smallest absolute Gasteiger partial charge is 0.243 e. The van der Waals surface area contributed by atoms with E-state index in [2.05, 4.69) is 58.2 Å². The number of aromatic nitrogens is 6. The normalized spacial score (nSPS) is 23.2. The van der Waals surface area contributed by atoms with Crippen molar-refractivity contribution < 1.29 is 29.1 Å². The predicted molar refractivity (Wildman–Crippen MR) is 305 cm³/mol. The maximum atomic E-state index is 14.4. The van der Waals surface area contributed by atoms with Gasteiger partial charge in [0.15, 0.2) is 17.4 Å². The van der Waals surface area contributed by atoms with E-state index in [9.17, 15) is 19.8 Å². The monoisotopic (exact) mass is 1090 g/mol. The molecule has 0 radical (unpaired) electrons. The Bertz CT molecular complexity index is 3020. The molecular formula is C60H78N12O6S. The molecule has 5 atom stereocenters. The number of β-amino-alcohol motifs (C(OH)–C–C–N with tert-alkyl or cyclic N) is 1. The quantitative estimate of drug-likeness (QED) is 0.0673. The van der Waals surface area contributed by atoms with Gasteiger partial charge in [-0.1, -0.05) is 55.4 Å². The minimum atomic E-state index is -0.797. The fourth-order valence-corrected chi connectivity index (χ4v) is 13.8. The van der Waals surface area contributed by atoms with E-state index < -0.39 is 18.1 Å². The summed E-state index contributed by atoms with van der Waals surface area (Å²) in [5.41, 5.74) is 14.0. The summed E-state index contributed by atoms with van der Waals surface area (Å²) in [5.74, 6) is 1.59. The van der Waals surface area contributed by atoms with Gasteiger partial charge in [0.05, 0.1) is 58.4 Å². The molecule has 2 aromatic carbocycles. The number of aliphatic hydroxyl groups is 1. The Labute approximate surface area is 467 Å². The third-order valence-electron chi connectivity index (χ3n) is 17.9. The van der Waals surface area contributed by atoms with Crippen molar-refractivity contribution in [3.05, 3.63) is 95.6 Å². The van der Waals surface area contributed by atoms with Crippen LogP contribution in [0.4, 0.5) is 11.6 Å². The number of hydrogen-bond acceptors (Lipinski definition) is 16. The van der Waals surface area contributed by atoms with Crippen LogP contribution in [-0.2, 0) is 14.3 Å². The number of carbonyl (C=O) groups is 2. The molecule has 5 N–H and O–H groups in total. The third-order valence-corrected chi connectivity index (χ3v) is 18.9. The van der Waals surface area contributed by atoms with E-state index in [1.807, 2.05) is 87.9 Å². The number of piperidine rings is 3. The lowest BCUT2D eigenvalue weighted by Crippen LogP contribution is -2.52. The summed E-state index contributed by atoms with van der Waals surface area (Å²) in [6.45, 7) is 17.5. The van der Waals surface area contributed by atoms with Gasteiger partial charge in [-0.25, -0.2) is 4.98 Å². The Morgan fingerprint density at radius 2 is 1.62 bits per heavy atom. The molecule has 1 saturated carbocycles. The molecule has 6 aromatic rings. The van der Waals surface area contributed by atoms with Crippen molar-refractivity contribution >= 4 is 34.8 Å². The van der Waals surface area contributed by atoms with Crippen LogP contribution in [0, 0.1) is 24.7 Å². The summed E-state index contributed by atoms with van der Waals surface area (Å²) in [5, 5.41) is 42.0. The average molecular weight is 1100 g/mol. The van der Waals surface area contributed by atoms with Crippen LogP contribution >= 0.6 is 11.3 Å². The number of nitrogens with two attached hydrogens (primary N) is 1. The van der Waals surface area contributed by atoms with E-state index in [0.717, 1.165) is 136 Å². The number of ether oxygens (including phenoxy) is 1. The third kappa shape index (κ3) is 12.1. The highest BCUT2D eigenvalue weighted by molar-refractivity contribution is 7.13. The minimum absolute atomic E-state index is 0.0904. The van der Waals surface area contributed by atoms with Gasteiger partial charge in [-0.3, -0.25) is 14.3 Å². The zero-order valence-electron chi connectivity index (χ0n) is 46.4. The number of aliphatic hydroxyl groups excluding tert-OH is 1. The number of hydrogen-bond donors (Lipinski definition) is 4. The first kappa shape index (κ1) is 54.7. The van der Waals surface area contributed by atoms with Crippen molar-refractivity contribution in [2.24, 2.45) is 17.8 Å². The van der Waals surface area contributed by atoms with Crippen LogP contribution in [0.5, 0.6) is 5.75 Å². The highest BCUT2D eigenvalue weighted by atomic mass is 32.1. The summed E-state index contributed by atoms with van der Waals surface area (Å²) in [7, 11) is 0. The molecule has 1 aliphatic carbocycles. The molecule has 0 bridgehead atoms. The van der Waals surface area contributed by atoms with Crippen molar-refractivity contribution in [3.63, 3.8) is 0 Å². The molecule has 4 aliphatic heterocycles. The van der Waals surface area contributed by atoms with E-state index in [-0.39, 0.29) is 48.5 Å². The zero-order valence-corrected chi connectivity index (χ0v) is 47.2. The second kappa shape index (κ2) is 23.8. The highest BCUT2D eigenvalue weighted by Gasteiger charge is 2.44. The molecule has 19 heteroatoms. The summed E-state index contributed by atoms with van der Waals surface area (Å²) < 4.78 is 14.7. The predicted octanol–water partition coefficient (Wildman–Crippen LogP) is 8.50. The van der Waals surface area contributed by atoms with E-state index in [1.54, 1.807) is 28.4 Å². The summed E-state index contributed by atoms with van der Waals surface area (Å²) in [6.07, 6.45) is 12.8. The van der Waals surface area contributed by atoms with Crippen molar-refractivity contribution in [1.29, 1.82) is 0 Å². The number of anilines is 2. The van der Waals surface area contributed by atoms with Crippen LogP contribution in [0.1, 0.15) is 121 Å². The first-order valence-electron chi connectivity index (χ1n) is 28.8. The van der Waals surface area contributed by atoms with Crippen molar-refractivity contribution in [2.45, 2.75) is 141 Å². The first-order valence-corrected chi connectivity index (χ1v) is 29.7. The van der Waals surface area contributed by atoms with Gasteiger partial charge in [0.1, 0.15) is 17.7 Å². The van der Waals surface area contributed by atoms with Gasteiger partial charge in [0.2, 0.25) is 11.8 Å². The Kier molecular flexibility index (Phi) is 16.5. The SMILES string of the molecule is Cc1ncsc1-c1ccc([C@H](C)NC(=O)[C@@H]2C[C@@H](O)CN2C(=O)[C@@H](c2cc(N3CCC(CN4CCC(OC5CC(N6CCC(C(C)n7cc(-c8cc(-c9ccccc9O)nnc8N)cn7)CC6)C5)CC4)CC3)no2)C(C)C)cc1. The van der Waals surface area contributed by atoms with Gasteiger partial charge in [0, 0.05) is 80.7 Å². The maximum Gasteiger partial charge on any atom is 0.243 e. The van der Waals surface area contributed by atoms with Crippen LogP contribution < -0.4 is 16.0 Å². The van der Waals surface area contributed by atoms with Crippen molar-refractivity contribution in [1.82, 2.24) is 50.1 Å². The number of likely N-dealkylation sites (tertiary alicyclic amines) is 3. The lowest BCUT2D eigenvalue weighted by atomic mass is 9.83. The number of amides is 2. The number of nitrogens with one attached hydrogen (secondary N) is 1. The molecule has 4 aromatic heterocycles. The van der Waals surface area contributed by atoms with E-state index >= 15 is 0 Å². The molecule has 18 nitrogen and oxygen atoms in total. The second-order valence-electron chi connectivity index (χ2n) is 23.5. The number of rotatable bonds is 17. The average Bonchev–Trinajstić information content (AvgIpc) is 4.36. The molecule has 4 saturated heterocycles. The number of carbonyl (C=O) groups excluding carboxylic acids is 2. The van der Waals surface area contributed by atoms with Crippen LogP contribution in [0.15, 0.2) is 83.1 Å². The van der Waals surface area contributed by atoms with Crippen molar-refractivity contribution in [3.8, 4) is 38.6 Å². The maximum absolute atomic E-state index is 14.4. The second-order valence-corrected chi connectivity index (χ2v) is 24.4. The number of phenols is 1. The van der Waals surface area contributed by atoms with Gasteiger partial charge in [-0.05, 0) is 132 Å². The number of aromatic hydroxyl groups is 1. The van der Waals surface area contributed by atoms with Gasteiger partial charge in [0.25, 0.3) is 0 Å². The standard InChI is InChI=1S/C60H78N12O6S/c1-36(2)56(60(76)71-34-46(73)28-52(71)59(75)64-37(3)41-10-12-43(13-11-41)57-38(4)62-35-79-57)54-30-55(67-78-54)70-22-14-40(15-23-70)32-68-20-18-47(19-21-68)77-48-26-45(27-48)69-24-16-42(17-25-69)39(5)72-33-44(31-63-72)50-29-51(65-66-58(50)61)49-8-6-7-9-53(49)74/h6-13,29-31,33,35-37,39-40,42,45-48,52,56,73-74H,14-28,32,34H2,1-5H3,(H2,61,66)(H,64,75)/t37-,39?,45?,46+,48?,52-,56+/m0/s1. The van der Waals surface area contributed by atoms with Crippen LogP contribution in [0.25, 0.3) is 32.8 Å². The van der Waals surface area contributed by atoms with Crippen molar-refractivity contribution in [2.75, 3.05) is 63.0 Å². The molecular weight excluding hydrogens is 1020 g/mol. The number of benzene rings is 2. The number of aryl methyl sites for hydroxylation is 1. The number of nitrogens with zero attached hydrogens (tertiary/aromatic N) is 10. The fraction of sp³-hybridized carbons (Fsp3) is 0.550. The van der Waals surface area contributed by atoms with Gasteiger partial charge < -0.3 is 50.1 Å². The number of phenolic OH excluding ortho intramolecular Hbond substituents is 1. The molecule has 11 rings (SSSR count). The summed E-state index contributed by atoms with van der Waals surface area (Å²) in [6, 6.07) is 18.8. The molecule has 1 unspecified atom stereocenters. The topological polar surface area (TPSA) is 217 Å². The number of para-hydroxylation sites is 1. The lowest BCUT2D eigenvalue weighted by molar-refractivity contribution is -0.141. The Morgan fingerprint density at radius 1 is 0.873 bits per heavy atom. The Hall–Kier alpha value is -6.25. The Morgan fingerprint density at radius 3 is 2.33 bits per heavy atom. The van der Waals surface area contributed by atoms with Crippen LogP contribution in [0.3, 0.4) is 0 Å². The molecule has 5 aliphatic rings. The van der Waals surface area contributed by atoms with E-state index in [0.29, 0.717) is 52.9 Å². The Balaban J connectivity index is 0.586. The lowest BCUT2D eigenvalue weighted by Gasteiger charge is -2.47. The zero-order chi connectivity index (χ0) is 54.9. The number of nitrogen functional groups attached to an aromatic ring is 1. The highest BCUT2D eigenvalue weighted by Crippen LogP contribution is 2.39. The molecule has 0 spiro atoms. The van der Waals surface area contributed by atoms with Crippen LogP contribution in [-0.4, -0.2) is 150 Å². The van der Waals surface area contributed by atoms with Gasteiger partial charge >= 0.3 is 0 Å². The molecule has 2 amide bonds. The minimum Gasteiger partial charge on any atom is -0.507 e. The molecule has 420 valence electrons. The molecule has 79 heavy (non-hydrogen) atoms. The van der Waals surface area contributed by atoms with Gasteiger partial charge in [-0.2, -0.15) is 5.10 Å². The summed E-state index contributed by atoms with van der Waals surface area (Å²) >= 11 is 1.60. The largest absolute Gasteiger partial charge is 0.507 e. The number of thiazole rings is 1. The van der Waals surface area contributed by atoms with Crippen LogP contribution in [0.2, 0.25) is 0 Å². The van der Waals surface area contributed by atoms with E-state index in [1.165, 1.54) is 0 Å². The van der Waals surface area contributed by atoms with Gasteiger partial charge in [-0.15, -0.1) is 21.5 Å². The summed E-state index contributed by atoms with van der Waals surface area (Å²) in [4.78, 5) is 42.9. The fourth-order valence-electron chi connectivity index (χ4n) is 13.0. The first-order chi connectivity index (χ1) is 38.2. The van der Waals surface area contributed by atoms with E-state index in [4.69, 9.17) is 20.1 Å². The molecule has 5 fully saturated rings. The molecule has 8 heterocycles.